The molecule has 2 heterocycles. The highest BCUT2D eigenvalue weighted by Crippen LogP contribution is 2.39. The highest BCUT2D eigenvalue weighted by Gasteiger charge is 2.21. The fraction of sp³-hybridized carbons (Fsp3) is 0.158. The maximum Gasteiger partial charge on any atom is 0.341 e. The second-order valence-corrected chi connectivity index (χ2v) is 5.48. The third-order valence-electron chi connectivity index (χ3n) is 3.90. The minimum Gasteiger partial charge on any atom is -0.462 e. The van der Waals surface area contributed by atoms with E-state index in [2.05, 4.69) is 10.3 Å². The Kier molecular flexibility index (Phi) is 3.85. The normalized spacial score (nSPS) is 12.2. The van der Waals surface area contributed by atoms with E-state index in [9.17, 15) is 4.79 Å². The number of hydrogen-bond donors (Lipinski definition) is 1. The van der Waals surface area contributed by atoms with E-state index < -0.39 is 5.97 Å². The van der Waals surface area contributed by atoms with E-state index in [1.54, 1.807) is 6.92 Å². The number of esters is 1. The van der Waals surface area contributed by atoms with Crippen LogP contribution in [0.4, 0.5) is 11.4 Å². The van der Waals surface area contributed by atoms with Gasteiger partial charge in [-0.2, -0.15) is 0 Å². The Bertz CT molecular complexity index is 941. The summed E-state index contributed by atoms with van der Waals surface area (Å²) in [5.41, 5.74) is 2.57. The van der Waals surface area contributed by atoms with Crippen molar-refractivity contribution in [1.29, 1.82) is 0 Å². The van der Waals surface area contributed by atoms with Crippen molar-refractivity contribution in [2.24, 2.45) is 0 Å². The lowest BCUT2D eigenvalue weighted by atomic mass is 10.1. The van der Waals surface area contributed by atoms with Crippen molar-refractivity contribution in [3.05, 3.63) is 54.2 Å². The van der Waals surface area contributed by atoms with E-state index in [4.69, 9.17) is 14.2 Å². The van der Waals surface area contributed by atoms with E-state index in [1.807, 2.05) is 42.5 Å². The fourth-order valence-electron chi connectivity index (χ4n) is 2.75. The summed E-state index contributed by atoms with van der Waals surface area (Å²) in [6.45, 7) is 2.25. The predicted molar refractivity (Wildman–Crippen MR) is 93.5 cm³/mol. The van der Waals surface area contributed by atoms with Crippen molar-refractivity contribution in [3.8, 4) is 11.5 Å². The van der Waals surface area contributed by atoms with Crippen LogP contribution in [0.15, 0.2) is 48.7 Å². The summed E-state index contributed by atoms with van der Waals surface area (Å²) in [6, 6.07) is 13.3. The smallest absolute Gasteiger partial charge is 0.341 e. The molecule has 126 valence electrons. The number of nitrogens with one attached hydrogen (secondary N) is 1. The number of fused-ring (bicyclic) bond motifs is 2. The summed E-state index contributed by atoms with van der Waals surface area (Å²) in [6.07, 6.45) is 1.52. The van der Waals surface area contributed by atoms with Gasteiger partial charge in [0.1, 0.15) is 5.56 Å². The van der Waals surface area contributed by atoms with Crippen molar-refractivity contribution in [3.63, 3.8) is 0 Å². The molecule has 25 heavy (non-hydrogen) atoms. The number of nitrogens with zero attached hydrogens (tertiary/aromatic N) is 1. The summed E-state index contributed by atoms with van der Waals surface area (Å²) < 4.78 is 16.0. The molecule has 6 nitrogen and oxygen atoms in total. The molecule has 0 spiro atoms. The first-order valence-corrected chi connectivity index (χ1v) is 7.98. The lowest BCUT2D eigenvalue weighted by molar-refractivity contribution is 0.0527. The lowest BCUT2D eigenvalue weighted by Crippen LogP contribution is -2.09. The summed E-state index contributed by atoms with van der Waals surface area (Å²) >= 11 is 0. The molecule has 2 aromatic carbocycles. The van der Waals surface area contributed by atoms with Crippen molar-refractivity contribution in [2.45, 2.75) is 6.92 Å². The Morgan fingerprint density at radius 1 is 1.20 bits per heavy atom. The number of aromatic nitrogens is 1. The SMILES string of the molecule is CCOC(=O)c1cnc2cc3c(cc2c1Nc1ccccc1)OCO3. The van der Waals surface area contributed by atoms with Gasteiger partial charge in [-0.1, -0.05) is 18.2 Å². The first-order valence-electron chi connectivity index (χ1n) is 7.98. The number of hydrogen-bond acceptors (Lipinski definition) is 6. The molecular weight excluding hydrogens is 320 g/mol. The number of rotatable bonds is 4. The highest BCUT2D eigenvalue weighted by molar-refractivity contribution is 6.06. The molecular formula is C19H16N2O4. The maximum atomic E-state index is 12.4. The van der Waals surface area contributed by atoms with Crippen molar-refractivity contribution in [2.75, 3.05) is 18.7 Å². The summed E-state index contributed by atoms with van der Waals surface area (Å²) in [4.78, 5) is 16.8. The van der Waals surface area contributed by atoms with Crippen LogP contribution in [0.2, 0.25) is 0 Å². The number of ether oxygens (including phenoxy) is 3. The van der Waals surface area contributed by atoms with E-state index in [1.165, 1.54) is 6.20 Å². The van der Waals surface area contributed by atoms with Crippen LogP contribution < -0.4 is 14.8 Å². The largest absolute Gasteiger partial charge is 0.462 e. The van der Waals surface area contributed by atoms with Crippen molar-refractivity contribution in [1.82, 2.24) is 4.98 Å². The van der Waals surface area contributed by atoms with Crippen LogP contribution >= 0.6 is 0 Å². The van der Waals surface area contributed by atoms with Gasteiger partial charge in [-0.15, -0.1) is 0 Å². The van der Waals surface area contributed by atoms with E-state index >= 15 is 0 Å². The van der Waals surface area contributed by atoms with Crippen LogP contribution in [0.25, 0.3) is 10.9 Å². The summed E-state index contributed by atoms with van der Waals surface area (Å²) in [5, 5.41) is 4.07. The van der Waals surface area contributed by atoms with Gasteiger partial charge in [-0.25, -0.2) is 4.79 Å². The molecule has 0 atom stereocenters. The van der Waals surface area contributed by atoms with Gasteiger partial charge in [0.25, 0.3) is 0 Å². The number of anilines is 2. The zero-order chi connectivity index (χ0) is 17.2. The molecule has 0 radical (unpaired) electrons. The molecule has 1 aliphatic rings. The molecule has 0 saturated carbocycles. The van der Waals surface area contributed by atoms with E-state index in [0.717, 1.165) is 11.1 Å². The van der Waals surface area contributed by atoms with Crippen LogP contribution in [0.5, 0.6) is 11.5 Å². The number of carbonyl (C=O) groups excluding carboxylic acids is 1. The molecule has 1 aromatic heterocycles. The quantitative estimate of drug-likeness (QED) is 0.729. The molecule has 0 bridgehead atoms. The molecule has 0 aliphatic carbocycles. The van der Waals surface area contributed by atoms with E-state index in [-0.39, 0.29) is 6.79 Å². The van der Waals surface area contributed by atoms with Crippen LogP contribution in [0, 0.1) is 0 Å². The monoisotopic (exact) mass is 336 g/mol. The Morgan fingerprint density at radius 2 is 1.96 bits per heavy atom. The third-order valence-corrected chi connectivity index (χ3v) is 3.90. The van der Waals surface area contributed by atoms with Crippen LogP contribution in [-0.2, 0) is 4.74 Å². The van der Waals surface area contributed by atoms with E-state index in [0.29, 0.717) is 34.9 Å². The van der Waals surface area contributed by atoms with Gasteiger partial charge < -0.3 is 19.5 Å². The lowest BCUT2D eigenvalue weighted by Gasteiger charge is -2.14. The van der Waals surface area contributed by atoms with Gasteiger partial charge in [0.2, 0.25) is 6.79 Å². The number of para-hydroxylation sites is 1. The van der Waals surface area contributed by atoms with Crippen LogP contribution in [0.1, 0.15) is 17.3 Å². The highest BCUT2D eigenvalue weighted by atomic mass is 16.7. The molecule has 1 N–H and O–H groups in total. The number of benzene rings is 2. The van der Waals surface area contributed by atoms with Gasteiger partial charge >= 0.3 is 5.97 Å². The fourth-order valence-corrected chi connectivity index (χ4v) is 2.75. The Morgan fingerprint density at radius 3 is 2.72 bits per heavy atom. The van der Waals surface area contributed by atoms with Gasteiger partial charge in [-0.05, 0) is 25.1 Å². The second-order valence-electron chi connectivity index (χ2n) is 5.48. The molecule has 0 unspecified atom stereocenters. The summed E-state index contributed by atoms with van der Waals surface area (Å²) in [5.74, 6) is 0.856. The third kappa shape index (κ3) is 2.82. The van der Waals surface area contributed by atoms with Gasteiger partial charge in [0.15, 0.2) is 11.5 Å². The van der Waals surface area contributed by atoms with Gasteiger partial charge in [0.05, 0.1) is 17.8 Å². The molecule has 3 aromatic rings. The predicted octanol–water partition coefficient (Wildman–Crippen LogP) is 3.88. The van der Waals surface area contributed by atoms with Crippen LogP contribution in [0.3, 0.4) is 0 Å². The molecule has 0 fully saturated rings. The average Bonchev–Trinajstić information content (AvgIpc) is 3.08. The number of pyridine rings is 1. The topological polar surface area (TPSA) is 69.7 Å². The first-order chi connectivity index (χ1) is 12.3. The Balaban J connectivity index is 1.90. The molecule has 0 saturated heterocycles. The Labute approximate surface area is 144 Å². The average molecular weight is 336 g/mol. The summed E-state index contributed by atoms with van der Waals surface area (Å²) in [7, 11) is 0. The van der Waals surface area contributed by atoms with Gasteiger partial charge in [-0.3, -0.25) is 4.98 Å². The standard InChI is InChI=1S/C19H16N2O4/c1-2-23-19(22)14-10-20-15-9-17-16(24-11-25-17)8-13(15)18(14)21-12-6-4-3-5-7-12/h3-10H,2,11H2,1H3,(H,20,21). The van der Waals surface area contributed by atoms with Crippen LogP contribution in [-0.4, -0.2) is 24.4 Å². The first kappa shape index (κ1) is 15.3. The molecule has 4 rings (SSSR count). The molecule has 6 heteroatoms. The zero-order valence-corrected chi connectivity index (χ0v) is 13.6. The zero-order valence-electron chi connectivity index (χ0n) is 13.6. The van der Waals surface area contributed by atoms with Gasteiger partial charge in [0, 0.05) is 23.3 Å². The Hall–Kier alpha value is -3.28. The van der Waals surface area contributed by atoms with Crippen molar-refractivity contribution >= 4 is 28.2 Å². The minimum atomic E-state index is -0.423. The minimum absolute atomic E-state index is 0.178. The molecule has 0 amide bonds. The second kappa shape index (κ2) is 6.32. The number of carbonyl (C=O) groups is 1. The van der Waals surface area contributed by atoms with Crippen molar-refractivity contribution < 1.29 is 19.0 Å². The maximum absolute atomic E-state index is 12.4. The molecule has 1 aliphatic heterocycles.